The van der Waals surface area contributed by atoms with E-state index >= 15 is 0 Å². The van der Waals surface area contributed by atoms with E-state index in [2.05, 4.69) is 4.74 Å². The van der Waals surface area contributed by atoms with Gasteiger partial charge in [-0.25, -0.2) is 0 Å². The second-order valence-electron chi connectivity index (χ2n) is 4.58. The topological polar surface area (TPSA) is 46.6 Å². The number of carbonyl (C=O) groups excluding carboxylic acids is 2. The number of rotatable bonds is 3. The molecule has 0 unspecified atom stereocenters. The number of hydrogen-bond acceptors (Lipinski definition) is 3. The predicted molar refractivity (Wildman–Crippen MR) is 60.8 cm³/mol. The molecule has 0 atom stereocenters. The van der Waals surface area contributed by atoms with Gasteiger partial charge in [0, 0.05) is 26.4 Å². The van der Waals surface area contributed by atoms with E-state index in [1.54, 1.807) is 6.92 Å². The largest absolute Gasteiger partial charge is 0.469 e. The highest BCUT2D eigenvalue weighted by Gasteiger charge is 2.26. The van der Waals surface area contributed by atoms with Crippen molar-refractivity contribution in [2.75, 3.05) is 14.2 Å². The third-order valence-corrected chi connectivity index (χ3v) is 3.54. The highest BCUT2D eigenvalue weighted by molar-refractivity contribution is 5.73. The Kier molecular flexibility index (Phi) is 4.77. The maximum Gasteiger partial charge on any atom is 0.305 e. The maximum atomic E-state index is 11.2. The summed E-state index contributed by atoms with van der Waals surface area (Å²) in [7, 11) is 3.28. The predicted octanol–water partition coefficient (Wildman–Crippen LogP) is 1.59. The van der Waals surface area contributed by atoms with Crippen LogP contribution in [0.2, 0.25) is 0 Å². The molecule has 1 aliphatic rings. The molecule has 1 aliphatic carbocycles. The number of methoxy groups -OCH3 is 1. The molecule has 1 saturated carbocycles. The first kappa shape index (κ1) is 13.0. The fourth-order valence-electron chi connectivity index (χ4n) is 2.31. The summed E-state index contributed by atoms with van der Waals surface area (Å²) < 4.78 is 4.66. The number of carbonyl (C=O) groups is 2. The average Bonchev–Trinajstić information content (AvgIpc) is 2.28. The quantitative estimate of drug-likeness (QED) is 0.688. The van der Waals surface area contributed by atoms with Crippen LogP contribution >= 0.6 is 0 Å². The average molecular weight is 227 g/mol. The lowest BCUT2D eigenvalue weighted by molar-refractivity contribution is -0.142. The lowest BCUT2D eigenvalue weighted by Gasteiger charge is -2.33. The molecule has 0 aromatic carbocycles. The second kappa shape index (κ2) is 5.87. The van der Waals surface area contributed by atoms with Crippen LogP contribution in [0.5, 0.6) is 0 Å². The summed E-state index contributed by atoms with van der Waals surface area (Å²) in [4.78, 5) is 24.1. The van der Waals surface area contributed by atoms with E-state index in [4.69, 9.17) is 0 Å². The van der Waals surface area contributed by atoms with Crippen molar-refractivity contribution in [3.05, 3.63) is 0 Å². The summed E-state index contributed by atoms with van der Waals surface area (Å²) in [5, 5.41) is 0. The number of amides is 1. The molecule has 16 heavy (non-hydrogen) atoms. The third-order valence-electron chi connectivity index (χ3n) is 3.54. The van der Waals surface area contributed by atoms with Crippen molar-refractivity contribution in [3.8, 4) is 0 Å². The first-order chi connectivity index (χ1) is 7.54. The van der Waals surface area contributed by atoms with Gasteiger partial charge in [0.25, 0.3) is 0 Å². The number of ether oxygens (including phenoxy) is 1. The van der Waals surface area contributed by atoms with Crippen molar-refractivity contribution >= 4 is 11.9 Å². The van der Waals surface area contributed by atoms with Gasteiger partial charge in [-0.1, -0.05) is 0 Å². The molecule has 0 radical (unpaired) electrons. The first-order valence-electron chi connectivity index (χ1n) is 5.84. The monoisotopic (exact) mass is 227 g/mol. The molecular formula is C12H21NO3. The van der Waals surface area contributed by atoms with Crippen molar-refractivity contribution in [1.82, 2.24) is 4.90 Å². The van der Waals surface area contributed by atoms with Crippen LogP contribution in [0, 0.1) is 5.92 Å². The fraction of sp³-hybridized carbons (Fsp3) is 0.833. The van der Waals surface area contributed by atoms with E-state index in [-0.39, 0.29) is 11.9 Å². The van der Waals surface area contributed by atoms with Crippen LogP contribution in [0.1, 0.15) is 39.0 Å². The molecule has 0 aromatic heterocycles. The van der Waals surface area contributed by atoms with E-state index in [1.807, 2.05) is 11.9 Å². The first-order valence-corrected chi connectivity index (χ1v) is 5.84. The van der Waals surface area contributed by atoms with Crippen molar-refractivity contribution in [2.45, 2.75) is 45.1 Å². The van der Waals surface area contributed by atoms with Gasteiger partial charge in [0.05, 0.1) is 7.11 Å². The van der Waals surface area contributed by atoms with Gasteiger partial charge in [-0.15, -0.1) is 0 Å². The molecular weight excluding hydrogens is 206 g/mol. The van der Waals surface area contributed by atoms with E-state index in [0.29, 0.717) is 18.4 Å². The molecule has 4 nitrogen and oxygen atoms in total. The van der Waals surface area contributed by atoms with Crippen LogP contribution in [0.3, 0.4) is 0 Å². The van der Waals surface area contributed by atoms with E-state index in [1.165, 1.54) is 7.11 Å². The summed E-state index contributed by atoms with van der Waals surface area (Å²) >= 11 is 0. The van der Waals surface area contributed by atoms with Gasteiger partial charge in [-0.3, -0.25) is 9.59 Å². The third kappa shape index (κ3) is 3.51. The summed E-state index contributed by atoms with van der Waals surface area (Å²) in [6.45, 7) is 1.60. The summed E-state index contributed by atoms with van der Waals surface area (Å²) in [5.41, 5.74) is 0. The smallest absolute Gasteiger partial charge is 0.305 e. The van der Waals surface area contributed by atoms with Crippen LogP contribution in [0.25, 0.3) is 0 Å². The molecule has 0 bridgehead atoms. The van der Waals surface area contributed by atoms with Crippen LogP contribution in [-0.4, -0.2) is 37.0 Å². The summed E-state index contributed by atoms with van der Waals surface area (Å²) in [5.74, 6) is 0.434. The van der Waals surface area contributed by atoms with E-state index in [0.717, 1.165) is 25.7 Å². The Morgan fingerprint density at radius 3 is 2.25 bits per heavy atom. The number of esters is 1. The minimum atomic E-state index is -0.122. The van der Waals surface area contributed by atoms with Crippen LogP contribution in [0.4, 0.5) is 0 Å². The molecule has 0 N–H and O–H groups in total. The Hall–Kier alpha value is -1.06. The molecule has 1 amide bonds. The van der Waals surface area contributed by atoms with Gasteiger partial charge >= 0.3 is 5.97 Å². The molecule has 4 heteroatoms. The van der Waals surface area contributed by atoms with Crippen molar-refractivity contribution in [1.29, 1.82) is 0 Å². The zero-order chi connectivity index (χ0) is 12.1. The molecule has 92 valence electrons. The maximum absolute atomic E-state index is 11.2. The van der Waals surface area contributed by atoms with E-state index < -0.39 is 0 Å². The molecule has 0 spiro atoms. The molecule has 0 aromatic rings. The van der Waals surface area contributed by atoms with Gasteiger partial charge in [0.2, 0.25) is 5.91 Å². The minimum absolute atomic E-state index is 0.122. The van der Waals surface area contributed by atoms with Crippen LogP contribution < -0.4 is 0 Å². The van der Waals surface area contributed by atoms with Crippen LogP contribution in [0.15, 0.2) is 0 Å². The van der Waals surface area contributed by atoms with Gasteiger partial charge in [0.1, 0.15) is 0 Å². The minimum Gasteiger partial charge on any atom is -0.469 e. The highest BCUT2D eigenvalue weighted by Crippen LogP contribution is 2.29. The lowest BCUT2D eigenvalue weighted by Crippen LogP contribution is -2.38. The summed E-state index contributed by atoms with van der Waals surface area (Å²) in [6, 6.07) is 0.353. The standard InChI is InChI=1S/C12H21NO3/c1-9(14)13(2)11-6-4-10(5-7-11)8-12(15)16-3/h10-11H,4-8H2,1-3H3. The molecule has 1 rings (SSSR count). The summed E-state index contributed by atoms with van der Waals surface area (Å²) in [6.07, 6.45) is 4.54. The van der Waals surface area contributed by atoms with Crippen molar-refractivity contribution in [3.63, 3.8) is 0 Å². The van der Waals surface area contributed by atoms with Gasteiger partial charge in [0.15, 0.2) is 0 Å². The molecule has 0 heterocycles. The van der Waals surface area contributed by atoms with Crippen molar-refractivity contribution < 1.29 is 14.3 Å². The number of hydrogen-bond donors (Lipinski definition) is 0. The molecule has 1 fully saturated rings. The SMILES string of the molecule is COC(=O)CC1CCC(N(C)C(C)=O)CC1. The Morgan fingerprint density at radius 1 is 1.25 bits per heavy atom. The van der Waals surface area contributed by atoms with Crippen molar-refractivity contribution in [2.24, 2.45) is 5.92 Å². The lowest BCUT2D eigenvalue weighted by atomic mass is 9.83. The molecule has 0 aliphatic heterocycles. The van der Waals surface area contributed by atoms with Gasteiger partial charge in [-0.05, 0) is 31.6 Å². The Bertz CT molecular complexity index is 257. The zero-order valence-electron chi connectivity index (χ0n) is 10.4. The van der Waals surface area contributed by atoms with Crippen LogP contribution in [-0.2, 0) is 14.3 Å². The second-order valence-corrected chi connectivity index (χ2v) is 4.58. The number of nitrogens with zero attached hydrogens (tertiary/aromatic N) is 1. The molecule has 0 saturated heterocycles. The normalized spacial score (nSPS) is 24.9. The Morgan fingerprint density at radius 2 is 1.81 bits per heavy atom. The fourth-order valence-corrected chi connectivity index (χ4v) is 2.31. The van der Waals surface area contributed by atoms with E-state index in [9.17, 15) is 9.59 Å². The zero-order valence-corrected chi connectivity index (χ0v) is 10.4. The highest BCUT2D eigenvalue weighted by atomic mass is 16.5. The Labute approximate surface area is 96.9 Å². The van der Waals surface area contributed by atoms with Gasteiger partial charge in [-0.2, -0.15) is 0 Å². The van der Waals surface area contributed by atoms with Gasteiger partial charge < -0.3 is 9.64 Å². The Balaban J connectivity index is 2.34.